The van der Waals surface area contributed by atoms with E-state index in [9.17, 15) is 13.2 Å². The average molecular weight is 401 g/mol. The Morgan fingerprint density at radius 3 is 2.39 bits per heavy atom. The Morgan fingerprint density at radius 1 is 1.04 bits per heavy atom. The number of rotatable bonds is 5. The molecule has 6 nitrogen and oxygen atoms in total. The van der Waals surface area contributed by atoms with Gasteiger partial charge in [-0.3, -0.25) is 4.90 Å². The van der Waals surface area contributed by atoms with Gasteiger partial charge < -0.3 is 9.64 Å². The number of fused-ring (bicyclic) bond motifs is 1. The van der Waals surface area contributed by atoms with Crippen molar-refractivity contribution >= 4 is 21.6 Å². The van der Waals surface area contributed by atoms with Crippen LogP contribution in [0.5, 0.6) is 5.75 Å². The van der Waals surface area contributed by atoms with Gasteiger partial charge in [-0.15, -0.1) is 0 Å². The third-order valence-corrected chi connectivity index (χ3v) is 7.20. The van der Waals surface area contributed by atoms with Gasteiger partial charge in [-0.25, -0.2) is 13.2 Å². The third kappa shape index (κ3) is 3.35. The van der Waals surface area contributed by atoms with E-state index in [2.05, 4.69) is 0 Å². The van der Waals surface area contributed by atoms with Crippen LogP contribution in [-0.4, -0.2) is 49.5 Å². The van der Waals surface area contributed by atoms with E-state index < -0.39 is 9.84 Å². The second-order valence-electron chi connectivity index (χ2n) is 7.35. The van der Waals surface area contributed by atoms with Crippen LogP contribution in [0.25, 0.3) is 0 Å². The highest BCUT2D eigenvalue weighted by Gasteiger charge is 2.53. The van der Waals surface area contributed by atoms with Crippen LogP contribution in [0.1, 0.15) is 18.1 Å². The maximum absolute atomic E-state index is 13.3. The van der Waals surface area contributed by atoms with E-state index in [0.717, 1.165) is 16.9 Å². The van der Waals surface area contributed by atoms with Crippen molar-refractivity contribution in [2.45, 2.75) is 32.5 Å². The van der Waals surface area contributed by atoms with Crippen molar-refractivity contribution in [2.75, 3.05) is 23.0 Å². The highest BCUT2D eigenvalue weighted by molar-refractivity contribution is 7.91. The van der Waals surface area contributed by atoms with E-state index in [1.165, 1.54) is 0 Å². The predicted octanol–water partition coefficient (Wildman–Crippen LogP) is 3.00. The van der Waals surface area contributed by atoms with Gasteiger partial charge in [0.25, 0.3) is 0 Å². The van der Waals surface area contributed by atoms with Crippen molar-refractivity contribution in [2.24, 2.45) is 0 Å². The Hall–Kier alpha value is -2.54. The van der Waals surface area contributed by atoms with Crippen molar-refractivity contribution in [3.63, 3.8) is 0 Å². The number of carbonyl (C=O) groups excluding carboxylic acids is 1. The number of hydrogen-bond acceptors (Lipinski definition) is 4. The lowest BCUT2D eigenvalue weighted by Crippen LogP contribution is -2.37. The molecule has 0 bridgehead atoms. The molecule has 7 heteroatoms. The lowest BCUT2D eigenvalue weighted by atomic mass is 10.1. The Morgan fingerprint density at radius 2 is 1.71 bits per heavy atom. The van der Waals surface area contributed by atoms with E-state index >= 15 is 0 Å². The monoisotopic (exact) mass is 400 g/mol. The van der Waals surface area contributed by atoms with Crippen LogP contribution >= 0.6 is 0 Å². The Kier molecular flexibility index (Phi) is 4.79. The van der Waals surface area contributed by atoms with Gasteiger partial charge >= 0.3 is 6.03 Å². The molecule has 2 aromatic carbocycles. The van der Waals surface area contributed by atoms with E-state index in [0.29, 0.717) is 18.8 Å². The van der Waals surface area contributed by atoms with Gasteiger partial charge in [-0.05, 0) is 49.2 Å². The second kappa shape index (κ2) is 7.13. The highest BCUT2D eigenvalue weighted by Crippen LogP contribution is 2.36. The summed E-state index contributed by atoms with van der Waals surface area (Å²) in [6.07, 6.45) is 0. The molecule has 0 saturated carbocycles. The van der Waals surface area contributed by atoms with Crippen molar-refractivity contribution in [1.29, 1.82) is 0 Å². The van der Waals surface area contributed by atoms with Gasteiger partial charge in [0.05, 0.1) is 30.2 Å². The summed E-state index contributed by atoms with van der Waals surface area (Å²) in [5.74, 6) is 0.745. The van der Waals surface area contributed by atoms with E-state index in [-0.39, 0.29) is 29.6 Å². The van der Waals surface area contributed by atoms with Crippen LogP contribution < -0.4 is 9.64 Å². The van der Waals surface area contributed by atoms with Gasteiger partial charge in [0.2, 0.25) is 0 Å². The molecule has 0 radical (unpaired) electrons. The third-order valence-electron chi connectivity index (χ3n) is 5.51. The molecule has 2 aliphatic heterocycles. The lowest BCUT2D eigenvalue weighted by molar-refractivity contribution is 0.205. The minimum atomic E-state index is -3.18. The molecule has 2 atom stereocenters. The summed E-state index contributed by atoms with van der Waals surface area (Å²) in [7, 11) is -3.18. The Balaban J connectivity index is 1.67. The number of anilines is 1. The topological polar surface area (TPSA) is 66.9 Å². The predicted molar refractivity (Wildman–Crippen MR) is 108 cm³/mol. The number of aryl methyl sites for hydroxylation is 1. The average Bonchev–Trinajstić information content (AvgIpc) is 3.08. The summed E-state index contributed by atoms with van der Waals surface area (Å²) in [6.45, 7) is 4.89. The van der Waals surface area contributed by atoms with Gasteiger partial charge in [0.15, 0.2) is 9.84 Å². The molecule has 0 aromatic heterocycles. The minimum Gasteiger partial charge on any atom is -0.494 e. The van der Waals surface area contributed by atoms with Crippen LogP contribution in [0.15, 0.2) is 48.5 Å². The molecule has 0 spiro atoms. The number of urea groups is 1. The molecule has 2 saturated heterocycles. The quantitative estimate of drug-likeness (QED) is 0.724. The number of benzene rings is 2. The van der Waals surface area contributed by atoms with E-state index in [1.54, 1.807) is 9.80 Å². The summed E-state index contributed by atoms with van der Waals surface area (Å²) in [4.78, 5) is 16.6. The van der Waals surface area contributed by atoms with Crippen molar-refractivity contribution in [3.05, 3.63) is 59.7 Å². The van der Waals surface area contributed by atoms with Crippen LogP contribution in [0.3, 0.4) is 0 Å². The molecule has 2 amide bonds. The summed E-state index contributed by atoms with van der Waals surface area (Å²) < 4.78 is 30.2. The molecule has 28 heavy (non-hydrogen) atoms. The molecule has 2 unspecified atom stereocenters. The number of nitrogens with zero attached hydrogens (tertiary/aromatic N) is 2. The van der Waals surface area contributed by atoms with Crippen LogP contribution in [0, 0.1) is 6.92 Å². The zero-order valence-electron chi connectivity index (χ0n) is 16.0. The molecule has 2 heterocycles. The summed E-state index contributed by atoms with van der Waals surface area (Å²) in [6, 6.07) is 14.3. The Labute approximate surface area is 165 Å². The molecule has 0 N–H and O–H groups in total. The fraction of sp³-hybridized carbons (Fsp3) is 0.381. The second-order valence-corrected chi connectivity index (χ2v) is 9.50. The van der Waals surface area contributed by atoms with Gasteiger partial charge in [-0.1, -0.05) is 24.3 Å². The standard InChI is InChI=1S/C21H24N2O4S/c1-3-27-18-10-8-17(9-11-18)23-20-14-28(25,26)13-19(20)22(21(23)24)12-16-7-5-4-6-15(16)2/h4-11,19-20H,3,12-14H2,1-2H3. The van der Waals surface area contributed by atoms with Gasteiger partial charge in [-0.2, -0.15) is 0 Å². The molecule has 2 aliphatic rings. The van der Waals surface area contributed by atoms with E-state index in [1.807, 2.05) is 62.4 Å². The van der Waals surface area contributed by atoms with Gasteiger partial charge in [0, 0.05) is 12.2 Å². The van der Waals surface area contributed by atoms with Crippen molar-refractivity contribution in [3.8, 4) is 5.75 Å². The molecular formula is C21H24N2O4S. The maximum atomic E-state index is 13.3. The molecule has 0 aliphatic carbocycles. The summed E-state index contributed by atoms with van der Waals surface area (Å²) in [5.41, 5.74) is 2.83. The number of amides is 2. The zero-order chi connectivity index (χ0) is 19.9. The number of ether oxygens (including phenoxy) is 1. The summed E-state index contributed by atoms with van der Waals surface area (Å²) >= 11 is 0. The van der Waals surface area contributed by atoms with E-state index in [4.69, 9.17) is 4.74 Å². The smallest absolute Gasteiger partial charge is 0.325 e. The SMILES string of the molecule is CCOc1ccc(N2C(=O)N(Cc3ccccc3C)C3CS(=O)(=O)CC32)cc1. The lowest BCUT2D eigenvalue weighted by Gasteiger charge is -2.23. The number of sulfone groups is 1. The van der Waals surface area contributed by atoms with Crippen LogP contribution in [-0.2, 0) is 16.4 Å². The van der Waals surface area contributed by atoms with Gasteiger partial charge in [0.1, 0.15) is 5.75 Å². The first-order valence-electron chi connectivity index (χ1n) is 9.47. The fourth-order valence-corrected chi connectivity index (χ4v) is 6.05. The van der Waals surface area contributed by atoms with Crippen LogP contribution in [0.4, 0.5) is 10.5 Å². The highest BCUT2D eigenvalue weighted by atomic mass is 32.2. The number of hydrogen-bond donors (Lipinski definition) is 0. The first-order chi connectivity index (χ1) is 13.4. The normalized spacial score (nSPS) is 23.1. The molecule has 2 fully saturated rings. The first kappa shape index (κ1) is 18.8. The van der Waals surface area contributed by atoms with Crippen molar-refractivity contribution < 1.29 is 17.9 Å². The molecule has 148 valence electrons. The summed E-state index contributed by atoms with van der Waals surface area (Å²) in [5, 5.41) is 0. The first-order valence-corrected chi connectivity index (χ1v) is 11.3. The molecular weight excluding hydrogens is 376 g/mol. The fourth-order valence-electron chi connectivity index (χ4n) is 4.10. The van der Waals surface area contributed by atoms with Crippen molar-refractivity contribution in [1.82, 2.24) is 4.90 Å². The molecule has 4 rings (SSSR count). The Bertz CT molecular complexity index is 988. The zero-order valence-corrected chi connectivity index (χ0v) is 16.9. The minimum absolute atomic E-state index is 0.000883. The molecule has 2 aromatic rings. The maximum Gasteiger partial charge on any atom is 0.325 e. The largest absolute Gasteiger partial charge is 0.494 e. The number of carbonyl (C=O) groups is 1. The van der Waals surface area contributed by atoms with Crippen LogP contribution in [0.2, 0.25) is 0 Å².